The molecule has 2 N–H and O–H groups in total. The first-order chi connectivity index (χ1) is 10.6. The standard InChI is InChI=1S/C16H22FN3O2/c17-13-3-1-12(2-4-13)11-19-5-7-20(8-6-19)16(22)15-9-14(21)10-18-15/h1-4,14-15,18,21H,5-11H2/t14-,15-/m1/s1. The zero-order valence-electron chi connectivity index (χ0n) is 12.5. The number of rotatable bonds is 3. The number of halogens is 1. The number of amides is 1. The zero-order chi connectivity index (χ0) is 15.5. The number of hydrogen-bond donors (Lipinski definition) is 2. The Bertz CT molecular complexity index is 515. The molecule has 120 valence electrons. The predicted octanol–water partition coefficient (Wildman–Crippen LogP) is 0.193. The van der Waals surface area contributed by atoms with Gasteiger partial charge in [-0.05, 0) is 24.1 Å². The molecule has 1 aromatic rings. The van der Waals surface area contributed by atoms with Crippen LogP contribution in [-0.4, -0.2) is 65.7 Å². The van der Waals surface area contributed by atoms with E-state index < -0.39 is 6.10 Å². The average molecular weight is 307 g/mol. The maximum atomic E-state index is 12.9. The highest BCUT2D eigenvalue weighted by atomic mass is 19.1. The van der Waals surface area contributed by atoms with Crippen molar-refractivity contribution in [3.05, 3.63) is 35.6 Å². The van der Waals surface area contributed by atoms with E-state index in [0.717, 1.165) is 25.2 Å². The lowest BCUT2D eigenvalue weighted by Crippen LogP contribution is -2.52. The minimum atomic E-state index is -0.409. The van der Waals surface area contributed by atoms with Crippen LogP contribution in [-0.2, 0) is 11.3 Å². The van der Waals surface area contributed by atoms with E-state index in [-0.39, 0.29) is 17.8 Å². The molecule has 0 spiro atoms. The fourth-order valence-electron chi connectivity index (χ4n) is 3.10. The number of aliphatic hydroxyl groups is 1. The first-order valence-corrected chi connectivity index (χ1v) is 7.79. The van der Waals surface area contributed by atoms with E-state index >= 15 is 0 Å². The Labute approximate surface area is 129 Å². The number of carbonyl (C=O) groups excluding carboxylic acids is 1. The number of aliphatic hydroxyl groups excluding tert-OH is 1. The van der Waals surface area contributed by atoms with Crippen molar-refractivity contribution in [3.8, 4) is 0 Å². The Morgan fingerprint density at radius 3 is 2.50 bits per heavy atom. The lowest BCUT2D eigenvalue weighted by atomic mass is 10.1. The van der Waals surface area contributed by atoms with Gasteiger partial charge in [0.2, 0.25) is 5.91 Å². The van der Waals surface area contributed by atoms with Crippen LogP contribution in [0.3, 0.4) is 0 Å². The van der Waals surface area contributed by atoms with Crippen LogP contribution >= 0.6 is 0 Å². The van der Waals surface area contributed by atoms with E-state index in [0.29, 0.717) is 26.1 Å². The monoisotopic (exact) mass is 307 g/mol. The van der Waals surface area contributed by atoms with Gasteiger partial charge in [0.25, 0.3) is 0 Å². The second-order valence-corrected chi connectivity index (χ2v) is 6.08. The molecule has 0 aliphatic carbocycles. The van der Waals surface area contributed by atoms with Gasteiger partial charge >= 0.3 is 0 Å². The van der Waals surface area contributed by atoms with Crippen LogP contribution in [0, 0.1) is 5.82 Å². The number of benzene rings is 1. The van der Waals surface area contributed by atoms with Crippen molar-refractivity contribution in [3.63, 3.8) is 0 Å². The molecule has 2 atom stereocenters. The zero-order valence-corrected chi connectivity index (χ0v) is 12.5. The van der Waals surface area contributed by atoms with Gasteiger partial charge in [0, 0.05) is 39.3 Å². The Kier molecular flexibility index (Phi) is 4.71. The molecule has 3 rings (SSSR count). The highest BCUT2D eigenvalue weighted by molar-refractivity contribution is 5.82. The number of piperazine rings is 1. The van der Waals surface area contributed by atoms with Gasteiger partial charge < -0.3 is 15.3 Å². The van der Waals surface area contributed by atoms with Gasteiger partial charge in [-0.3, -0.25) is 9.69 Å². The second-order valence-electron chi connectivity index (χ2n) is 6.08. The molecule has 5 nitrogen and oxygen atoms in total. The molecule has 0 unspecified atom stereocenters. The van der Waals surface area contributed by atoms with Crippen molar-refractivity contribution in [2.75, 3.05) is 32.7 Å². The van der Waals surface area contributed by atoms with Crippen molar-refractivity contribution < 1.29 is 14.3 Å². The highest BCUT2D eigenvalue weighted by Gasteiger charge is 2.32. The maximum absolute atomic E-state index is 12.9. The molecular weight excluding hydrogens is 285 g/mol. The van der Waals surface area contributed by atoms with Gasteiger partial charge in [-0.1, -0.05) is 12.1 Å². The lowest BCUT2D eigenvalue weighted by molar-refractivity contribution is -0.135. The summed E-state index contributed by atoms with van der Waals surface area (Å²) < 4.78 is 12.9. The number of nitrogens with one attached hydrogen (secondary N) is 1. The molecule has 22 heavy (non-hydrogen) atoms. The number of hydrogen-bond acceptors (Lipinski definition) is 4. The van der Waals surface area contributed by atoms with Crippen molar-refractivity contribution in [2.45, 2.75) is 25.1 Å². The minimum absolute atomic E-state index is 0.0954. The lowest BCUT2D eigenvalue weighted by Gasteiger charge is -2.36. The number of nitrogens with zero attached hydrogens (tertiary/aromatic N) is 2. The van der Waals surface area contributed by atoms with E-state index in [2.05, 4.69) is 10.2 Å². The first-order valence-electron chi connectivity index (χ1n) is 7.79. The van der Waals surface area contributed by atoms with Gasteiger partial charge in [-0.15, -0.1) is 0 Å². The van der Waals surface area contributed by atoms with E-state index in [9.17, 15) is 14.3 Å². The third-order valence-corrected chi connectivity index (χ3v) is 4.41. The molecule has 2 aliphatic heterocycles. The fourth-order valence-corrected chi connectivity index (χ4v) is 3.10. The molecule has 0 saturated carbocycles. The van der Waals surface area contributed by atoms with Crippen molar-refractivity contribution in [2.24, 2.45) is 0 Å². The normalized spacial score (nSPS) is 26.4. The van der Waals surface area contributed by atoms with Crippen LogP contribution < -0.4 is 5.32 Å². The highest BCUT2D eigenvalue weighted by Crippen LogP contribution is 2.13. The molecule has 2 aliphatic rings. The van der Waals surface area contributed by atoms with E-state index in [4.69, 9.17) is 0 Å². The van der Waals surface area contributed by atoms with Gasteiger partial charge in [0.05, 0.1) is 12.1 Å². The summed E-state index contributed by atoms with van der Waals surface area (Å²) in [5.74, 6) is -0.122. The quantitative estimate of drug-likeness (QED) is 0.837. The van der Waals surface area contributed by atoms with Crippen LogP contribution in [0.5, 0.6) is 0 Å². The molecule has 0 radical (unpaired) electrons. The van der Waals surface area contributed by atoms with Gasteiger partial charge in [0.15, 0.2) is 0 Å². The Morgan fingerprint density at radius 2 is 1.91 bits per heavy atom. The van der Waals surface area contributed by atoms with E-state index in [1.807, 2.05) is 4.90 Å². The van der Waals surface area contributed by atoms with Gasteiger partial charge in [0.1, 0.15) is 5.82 Å². The van der Waals surface area contributed by atoms with Crippen LogP contribution in [0.4, 0.5) is 4.39 Å². The second kappa shape index (κ2) is 6.73. The molecule has 0 bridgehead atoms. The summed E-state index contributed by atoms with van der Waals surface area (Å²) in [7, 11) is 0. The summed E-state index contributed by atoms with van der Waals surface area (Å²) in [5.41, 5.74) is 1.08. The van der Waals surface area contributed by atoms with Crippen LogP contribution in [0.15, 0.2) is 24.3 Å². The molecule has 1 amide bonds. The summed E-state index contributed by atoms with van der Waals surface area (Å²) in [6.07, 6.45) is 0.1000. The van der Waals surface area contributed by atoms with E-state index in [1.54, 1.807) is 12.1 Å². The summed E-state index contributed by atoms with van der Waals surface area (Å²) in [4.78, 5) is 16.5. The fraction of sp³-hybridized carbons (Fsp3) is 0.562. The predicted molar refractivity (Wildman–Crippen MR) is 80.7 cm³/mol. The van der Waals surface area contributed by atoms with Crippen molar-refractivity contribution in [1.29, 1.82) is 0 Å². The third kappa shape index (κ3) is 3.63. The van der Waals surface area contributed by atoms with Crippen LogP contribution in [0.25, 0.3) is 0 Å². The van der Waals surface area contributed by atoms with Gasteiger partial charge in [-0.25, -0.2) is 4.39 Å². The Balaban J connectivity index is 1.48. The average Bonchev–Trinajstić information content (AvgIpc) is 2.96. The minimum Gasteiger partial charge on any atom is -0.392 e. The molecule has 2 heterocycles. The van der Waals surface area contributed by atoms with Crippen LogP contribution in [0.1, 0.15) is 12.0 Å². The largest absolute Gasteiger partial charge is 0.392 e. The number of β-amino-alcohol motifs (C(OH)–C–C–N with tert-alkyl or cyclic N) is 1. The summed E-state index contributed by atoms with van der Waals surface area (Å²) in [6, 6.07) is 6.32. The molecule has 0 aromatic heterocycles. The topological polar surface area (TPSA) is 55.8 Å². The number of carbonyl (C=O) groups is 1. The Morgan fingerprint density at radius 1 is 1.23 bits per heavy atom. The summed E-state index contributed by atoms with van der Waals surface area (Å²) in [5, 5.41) is 12.6. The summed E-state index contributed by atoms with van der Waals surface area (Å²) in [6.45, 7) is 4.32. The molecule has 1 aromatic carbocycles. The first kappa shape index (κ1) is 15.4. The maximum Gasteiger partial charge on any atom is 0.239 e. The Hall–Kier alpha value is -1.50. The molecular formula is C16H22FN3O2. The SMILES string of the molecule is O=C([C@H]1C[C@@H](O)CN1)N1CCN(Cc2ccc(F)cc2)CC1. The summed E-state index contributed by atoms with van der Waals surface area (Å²) >= 11 is 0. The van der Waals surface area contributed by atoms with Crippen molar-refractivity contribution >= 4 is 5.91 Å². The third-order valence-electron chi connectivity index (χ3n) is 4.41. The van der Waals surface area contributed by atoms with Gasteiger partial charge in [-0.2, -0.15) is 0 Å². The molecule has 2 fully saturated rings. The molecule has 6 heteroatoms. The smallest absolute Gasteiger partial charge is 0.239 e. The molecule has 2 saturated heterocycles. The van der Waals surface area contributed by atoms with Crippen molar-refractivity contribution in [1.82, 2.24) is 15.1 Å². The van der Waals surface area contributed by atoms with Crippen LogP contribution in [0.2, 0.25) is 0 Å². The van der Waals surface area contributed by atoms with E-state index in [1.165, 1.54) is 12.1 Å².